The molecule has 0 spiro atoms. The number of benzene rings is 3. The Labute approximate surface area is 184 Å². The average molecular weight is 425 g/mol. The zero-order valence-electron chi connectivity index (χ0n) is 17.4. The number of carbonyl (C=O) groups is 1. The summed E-state index contributed by atoms with van der Waals surface area (Å²) in [4.78, 5) is 25.6. The summed E-state index contributed by atoms with van der Waals surface area (Å²) in [5.74, 6) is -0.151. The Balaban J connectivity index is 1.36. The standard InChI is InChI=1S/C25H23N5O2/c31-23(28-26-14-18-15-27-29-24(18)17-8-2-1-3-9-17)16-30-21-12-6-4-10-19(21)25(32)20-11-5-7-13-22(20)30/h1-14,18,24,27,29H,15-16H2,(H,28,31)/b26-14+. The lowest BCUT2D eigenvalue weighted by molar-refractivity contribution is -0.121. The highest BCUT2D eigenvalue weighted by Crippen LogP contribution is 2.23. The molecule has 4 aromatic rings. The Hall–Kier alpha value is -3.81. The van der Waals surface area contributed by atoms with Gasteiger partial charge in [-0.3, -0.25) is 15.0 Å². The maximum Gasteiger partial charge on any atom is 0.259 e. The lowest BCUT2D eigenvalue weighted by Gasteiger charge is -2.15. The molecular weight excluding hydrogens is 402 g/mol. The third-order valence-corrected chi connectivity index (χ3v) is 5.82. The SMILES string of the molecule is O=C(Cn1c2ccccc2c(=O)c2ccccc21)N/N=C/C1CNNC1c1ccccc1. The second-order valence-corrected chi connectivity index (χ2v) is 7.84. The fourth-order valence-corrected chi connectivity index (χ4v) is 4.27. The molecule has 0 saturated carbocycles. The molecule has 3 N–H and O–H groups in total. The molecule has 0 bridgehead atoms. The zero-order valence-corrected chi connectivity index (χ0v) is 17.4. The van der Waals surface area contributed by atoms with Gasteiger partial charge in [-0.05, 0) is 29.8 Å². The maximum atomic E-state index is 12.8. The van der Waals surface area contributed by atoms with E-state index in [0.29, 0.717) is 17.3 Å². The highest BCUT2D eigenvalue weighted by atomic mass is 16.2. The minimum atomic E-state index is -0.254. The lowest BCUT2D eigenvalue weighted by atomic mass is 9.96. The van der Waals surface area contributed by atoms with Crippen LogP contribution in [0.3, 0.4) is 0 Å². The quantitative estimate of drug-likeness (QED) is 0.261. The number of rotatable bonds is 5. The van der Waals surface area contributed by atoms with Gasteiger partial charge in [0.05, 0.1) is 17.1 Å². The van der Waals surface area contributed by atoms with Crippen molar-refractivity contribution in [3.8, 4) is 0 Å². The molecule has 1 aromatic heterocycles. The van der Waals surface area contributed by atoms with Crippen molar-refractivity contribution in [3.63, 3.8) is 0 Å². The van der Waals surface area contributed by atoms with Gasteiger partial charge in [-0.2, -0.15) is 5.10 Å². The molecule has 2 heterocycles. The van der Waals surface area contributed by atoms with Crippen LogP contribution in [0.15, 0.2) is 88.8 Å². The molecule has 7 heteroatoms. The van der Waals surface area contributed by atoms with Crippen LogP contribution in [0, 0.1) is 5.92 Å². The molecule has 1 aliphatic rings. The van der Waals surface area contributed by atoms with Crippen LogP contribution in [0.1, 0.15) is 11.6 Å². The minimum Gasteiger partial charge on any atom is -0.331 e. The van der Waals surface area contributed by atoms with Gasteiger partial charge in [0.15, 0.2) is 5.43 Å². The predicted molar refractivity (Wildman–Crippen MR) is 126 cm³/mol. The van der Waals surface area contributed by atoms with E-state index in [2.05, 4.69) is 33.5 Å². The first-order valence-corrected chi connectivity index (χ1v) is 10.6. The van der Waals surface area contributed by atoms with Gasteiger partial charge in [0, 0.05) is 29.4 Å². The van der Waals surface area contributed by atoms with Crippen molar-refractivity contribution in [1.29, 1.82) is 0 Å². The van der Waals surface area contributed by atoms with Crippen molar-refractivity contribution in [1.82, 2.24) is 20.8 Å². The van der Waals surface area contributed by atoms with Gasteiger partial charge in [0.1, 0.15) is 6.54 Å². The van der Waals surface area contributed by atoms with Gasteiger partial charge in [-0.1, -0.05) is 54.6 Å². The van der Waals surface area contributed by atoms with Crippen LogP contribution < -0.4 is 21.7 Å². The number of nitrogens with one attached hydrogen (secondary N) is 3. The van der Waals surface area contributed by atoms with Crippen LogP contribution in [-0.4, -0.2) is 23.2 Å². The van der Waals surface area contributed by atoms with E-state index in [0.717, 1.165) is 16.6 Å². The third kappa shape index (κ3) is 3.79. The third-order valence-electron chi connectivity index (χ3n) is 5.82. The fourth-order valence-electron chi connectivity index (χ4n) is 4.27. The molecule has 5 rings (SSSR count). The highest BCUT2D eigenvalue weighted by Gasteiger charge is 2.26. The Bertz CT molecular complexity index is 1300. The summed E-state index contributed by atoms with van der Waals surface area (Å²) in [5.41, 5.74) is 11.6. The van der Waals surface area contributed by atoms with E-state index in [4.69, 9.17) is 0 Å². The van der Waals surface area contributed by atoms with Crippen LogP contribution in [0.25, 0.3) is 21.8 Å². The molecule has 1 fully saturated rings. The van der Waals surface area contributed by atoms with Crippen LogP contribution >= 0.6 is 0 Å². The summed E-state index contributed by atoms with van der Waals surface area (Å²) in [7, 11) is 0. The van der Waals surface area contributed by atoms with Crippen molar-refractivity contribution in [2.24, 2.45) is 11.0 Å². The lowest BCUT2D eigenvalue weighted by Crippen LogP contribution is -2.26. The number of para-hydroxylation sites is 2. The fraction of sp³-hybridized carbons (Fsp3) is 0.160. The van der Waals surface area contributed by atoms with Gasteiger partial charge < -0.3 is 4.57 Å². The van der Waals surface area contributed by atoms with Crippen molar-refractivity contribution in [2.75, 3.05) is 6.54 Å². The van der Waals surface area contributed by atoms with Gasteiger partial charge in [-0.25, -0.2) is 10.9 Å². The Kier molecular flexibility index (Phi) is 5.49. The van der Waals surface area contributed by atoms with Crippen LogP contribution in [-0.2, 0) is 11.3 Å². The van der Waals surface area contributed by atoms with E-state index < -0.39 is 0 Å². The Morgan fingerprint density at radius 2 is 1.59 bits per heavy atom. The molecule has 0 radical (unpaired) electrons. The van der Waals surface area contributed by atoms with Crippen molar-refractivity contribution in [3.05, 3.63) is 94.6 Å². The number of hydrazone groups is 1. The number of nitrogens with zero attached hydrogens (tertiary/aromatic N) is 2. The van der Waals surface area contributed by atoms with Gasteiger partial charge in [-0.15, -0.1) is 0 Å². The highest BCUT2D eigenvalue weighted by molar-refractivity contribution is 5.94. The van der Waals surface area contributed by atoms with E-state index >= 15 is 0 Å². The number of hydrogen-bond donors (Lipinski definition) is 3. The summed E-state index contributed by atoms with van der Waals surface area (Å²) in [6, 6.07) is 24.9. The zero-order chi connectivity index (χ0) is 21.9. The molecule has 2 atom stereocenters. The summed E-state index contributed by atoms with van der Waals surface area (Å²) < 4.78 is 1.86. The number of hydrazine groups is 1. The smallest absolute Gasteiger partial charge is 0.259 e. The van der Waals surface area contributed by atoms with Gasteiger partial charge in [0.25, 0.3) is 5.91 Å². The van der Waals surface area contributed by atoms with Crippen LogP contribution in [0.2, 0.25) is 0 Å². The van der Waals surface area contributed by atoms with Crippen molar-refractivity contribution in [2.45, 2.75) is 12.6 Å². The second kappa shape index (κ2) is 8.74. The normalized spacial score (nSPS) is 18.5. The molecule has 32 heavy (non-hydrogen) atoms. The molecule has 0 aliphatic carbocycles. The number of aromatic nitrogens is 1. The number of fused-ring (bicyclic) bond motifs is 2. The number of pyridine rings is 1. The summed E-state index contributed by atoms with van der Waals surface area (Å²) in [6.45, 7) is 0.774. The minimum absolute atomic E-state index is 0.0286. The molecule has 1 amide bonds. The summed E-state index contributed by atoms with van der Waals surface area (Å²) in [6.07, 6.45) is 1.77. The molecule has 3 aromatic carbocycles. The molecular formula is C25H23N5O2. The Morgan fingerprint density at radius 1 is 0.969 bits per heavy atom. The van der Waals surface area contributed by atoms with E-state index in [-0.39, 0.29) is 29.8 Å². The number of amides is 1. The van der Waals surface area contributed by atoms with Crippen molar-refractivity contribution >= 4 is 33.9 Å². The largest absolute Gasteiger partial charge is 0.331 e. The second-order valence-electron chi connectivity index (χ2n) is 7.84. The topological polar surface area (TPSA) is 87.5 Å². The molecule has 1 saturated heterocycles. The Morgan fingerprint density at radius 3 is 2.28 bits per heavy atom. The van der Waals surface area contributed by atoms with Crippen molar-refractivity contribution < 1.29 is 4.79 Å². The van der Waals surface area contributed by atoms with E-state index in [1.165, 1.54) is 0 Å². The van der Waals surface area contributed by atoms with E-state index in [1.54, 1.807) is 18.3 Å². The summed E-state index contributed by atoms with van der Waals surface area (Å²) in [5, 5.41) is 5.41. The molecule has 1 aliphatic heterocycles. The van der Waals surface area contributed by atoms with Crippen LogP contribution in [0.4, 0.5) is 0 Å². The first-order valence-electron chi connectivity index (χ1n) is 10.6. The first kappa shape index (κ1) is 20.1. The van der Waals surface area contributed by atoms with E-state index in [9.17, 15) is 9.59 Å². The van der Waals surface area contributed by atoms with Crippen LogP contribution in [0.5, 0.6) is 0 Å². The summed E-state index contributed by atoms with van der Waals surface area (Å²) >= 11 is 0. The number of carbonyl (C=O) groups excluding carboxylic acids is 1. The predicted octanol–water partition coefficient (Wildman–Crippen LogP) is 2.72. The molecule has 160 valence electrons. The maximum absolute atomic E-state index is 12.8. The van der Waals surface area contributed by atoms with Gasteiger partial charge in [0.2, 0.25) is 0 Å². The number of hydrogen-bond acceptors (Lipinski definition) is 5. The monoisotopic (exact) mass is 425 g/mol. The first-order chi connectivity index (χ1) is 15.7. The molecule has 7 nitrogen and oxygen atoms in total. The molecule has 2 unspecified atom stereocenters. The van der Waals surface area contributed by atoms with Gasteiger partial charge >= 0.3 is 0 Å². The average Bonchev–Trinajstić information content (AvgIpc) is 3.31. The van der Waals surface area contributed by atoms with E-state index in [1.807, 2.05) is 59.2 Å².